The number of piperidine rings is 4. The van der Waals surface area contributed by atoms with Crippen LogP contribution in [0.2, 0.25) is 5.15 Å². The van der Waals surface area contributed by atoms with E-state index in [-0.39, 0.29) is 89.4 Å². The third-order valence-electron chi connectivity index (χ3n) is 31.9. The van der Waals surface area contributed by atoms with Gasteiger partial charge in [0.25, 0.3) is 0 Å². The summed E-state index contributed by atoms with van der Waals surface area (Å²) in [4.78, 5) is 134. The molecule has 23 heterocycles. The number of carbonyl (C=O) groups excluding carboxylic acids is 5. The molecule has 0 aromatic carbocycles. The van der Waals surface area contributed by atoms with Crippen molar-refractivity contribution in [3.63, 3.8) is 0 Å². The Hall–Kier alpha value is -11.0. The summed E-state index contributed by atoms with van der Waals surface area (Å²) in [5.74, 6) is 7.22. The van der Waals surface area contributed by atoms with Crippen LogP contribution in [0.15, 0.2) is 60.0 Å². The molecular weight excluding hydrogens is 1890 g/mol. The van der Waals surface area contributed by atoms with Gasteiger partial charge in [-0.2, -0.15) is 0 Å². The first-order chi connectivity index (χ1) is 69.3. The lowest BCUT2D eigenvalue weighted by Gasteiger charge is -2.42. The van der Waals surface area contributed by atoms with E-state index in [0.29, 0.717) is 63.7 Å². The number of aromatic nitrogens is 13. The first kappa shape index (κ1) is 103. The molecule has 782 valence electrons. The molecule has 15 aliphatic rings. The molecule has 145 heavy (non-hydrogen) atoms. The number of likely N-dealkylation sites (N-methyl/N-ethyl adjacent to an activating group) is 2. The number of hydrogen-bond acceptors (Lipinski definition) is 33. The maximum absolute atomic E-state index is 12.8. The Bertz CT molecular complexity index is 6060. The van der Waals surface area contributed by atoms with Crippen molar-refractivity contribution in [1.82, 2.24) is 89.8 Å². The second-order valence-electron chi connectivity index (χ2n) is 43.9. The number of fused-ring (bicyclic) bond motifs is 6. The Morgan fingerprint density at radius 3 is 1.29 bits per heavy atom. The molecule has 4 N–H and O–H groups in total. The summed E-state index contributed by atoms with van der Waals surface area (Å²) < 4.78 is 45.7. The van der Waals surface area contributed by atoms with Gasteiger partial charge in [-0.15, -0.1) is 22.6 Å². The van der Waals surface area contributed by atoms with Gasteiger partial charge < -0.3 is 103 Å². The molecule has 42 heteroatoms. The van der Waals surface area contributed by atoms with Crippen LogP contribution in [0, 0.1) is 16.2 Å². The minimum atomic E-state index is -0.569. The number of ether oxygens (including phenoxy) is 7. The van der Waals surface area contributed by atoms with E-state index in [1.165, 1.54) is 6.42 Å². The number of rotatable bonds is 11. The highest BCUT2D eigenvalue weighted by molar-refractivity contribution is 6.29. The quantitative estimate of drug-likeness (QED) is 0.101. The summed E-state index contributed by atoms with van der Waals surface area (Å²) in [7, 11) is 5.57. The van der Waals surface area contributed by atoms with Crippen LogP contribution >= 0.6 is 24.0 Å². The number of nitrogens with two attached hydrogens (primary N) is 1. The van der Waals surface area contributed by atoms with Crippen molar-refractivity contribution in [2.45, 2.75) is 264 Å². The largest absolute Gasteiger partial charge is 0.444 e. The molecule has 11 fully saturated rings. The average Bonchev–Trinajstić information content (AvgIpc) is 1.60. The molecule has 11 saturated heterocycles. The third kappa shape index (κ3) is 21.6. The minimum Gasteiger partial charge on any atom is -0.444 e. The molecule has 23 rings (SSSR count). The van der Waals surface area contributed by atoms with Crippen LogP contribution in [0.5, 0.6) is 0 Å². The van der Waals surface area contributed by atoms with Crippen molar-refractivity contribution in [3.05, 3.63) is 88.6 Å². The summed E-state index contributed by atoms with van der Waals surface area (Å²) in [5, 5.41) is 17.1. The number of amides is 5. The van der Waals surface area contributed by atoms with Gasteiger partial charge in [0.1, 0.15) is 51.1 Å². The van der Waals surface area contributed by atoms with E-state index in [1.54, 1.807) is 14.7 Å². The van der Waals surface area contributed by atoms with Crippen molar-refractivity contribution < 1.29 is 57.1 Å². The van der Waals surface area contributed by atoms with E-state index >= 15 is 0 Å². The number of hydrogen-bond donors (Lipinski definition) is 3. The number of nitrogens with one attached hydrogen (secondary N) is 2. The number of aliphatic imine (C=N–C) groups is 1. The van der Waals surface area contributed by atoms with E-state index in [4.69, 9.17) is 106 Å². The predicted octanol–water partition coefficient (Wildman–Crippen LogP) is 12.0. The summed E-state index contributed by atoms with van der Waals surface area (Å²) in [5.41, 5.74) is 16.0. The Kier molecular flexibility index (Phi) is 30.2. The number of amidine groups is 1. The fourth-order valence-corrected chi connectivity index (χ4v) is 23.6. The number of alkyl carbamates (subject to hydrolysis) is 2. The number of anilines is 10. The Morgan fingerprint density at radius 1 is 0.434 bits per heavy atom. The van der Waals surface area contributed by atoms with Crippen molar-refractivity contribution >= 4 is 140 Å². The van der Waals surface area contributed by atoms with Gasteiger partial charge in [0.05, 0.1) is 128 Å². The molecular formula is C103H144Cl2N28O12. The van der Waals surface area contributed by atoms with Crippen molar-refractivity contribution in [2.75, 3.05) is 198 Å². The number of carbonyl (C=O) groups is 5. The van der Waals surface area contributed by atoms with Gasteiger partial charge in [0.2, 0.25) is 17.7 Å². The van der Waals surface area contributed by atoms with E-state index in [1.807, 2.05) is 129 Å². The number of piperazine rings is 2. The molecule has 3 spiro atoms. The summed E-state index contributed by atoms with van der Waals surface area (Å²) in [6.45, 7) is 33.3. The molecule has 15 aliphatic heterocycles. The molecule has 2 unspecified atom stereocenters. The van der Waals surface area contributed by atoms with Gasteiger partial charge in [-0.1, -0.05) is 11.6 Å². The van der Waals surface area contributed by atoms with Crippen molar-refractivity contribution in [1.29, 1.82) is 0 Å². The lowest BCUT2D eigenvalue weighted by atomic mass is 9.73. The van der Waals surface area contributed by atoms with Gasteiger partial charge in [0.15, 0.2) is 52.3 Å². The second kappa shape index (κ2) is 42.7. The van der Waals surface area contributed by atoms with E-state index in [0.717, 1.165) is 335 Å². The first-order valence-corrected chi connectivity index (χ1v) is 52.9. The van der Waals surface area contributed by atoms with E-state index in [9.17, 15) is 24.0 Å². The first-order valence-electron chi connectivity index (χ1n) is 52.5. The Balaban J connectivity index is 0.000000133. The Morgan fingerprint density at radius 2 is 0.855 bits per heavy atom. The minimum absolute atomic E-state index is 0. The topological polar surface area (TPSA) is 400 Å². The highest BCUT2D eigenvalue weighted by Crippen LogP contribution is 2.49. The second-order valence-corrected chi connectivity index (χ2v) is 44.3. The average molecular weight is 2040 g/mol. The molecule has 8 atom stereocenters. The molecule has 0 aliphatic carbocycles. The highest BCUT2D eigenvalue weighted by Gasteiger charge is 2.54. The SMILES string of the molecule is CN1CCCCC1=O.C[C@@H]1OCC2(CCN(c3cnc4c(N5CCCc6nc(Cl)ccc65)nn(C5CCCCO5)c4n3)CC2)[C@@H]1NC(=O)OC(C)(C)C.C[C@@H]1OCC2(CCN(c3cnc4c(N5CCCc6nc(N7CCN(C)C(=O)C7)ccc65)nn(C5CCCCO5)c4n3)CC2)[C@@H]1NC(=O)OC(C)(C)C.C[C@@H]1OCC2(CCN(c3cnc4c(n3)CN=C4N3CCCc4nc(N5CCN(C)C(=O)C5)ccc43)CC2)[C@@H]1N.Cl. The van der Waals surface area contributed by atoms with Crippen molar-refractivity contribution in [2.24, 2.45) is 27.0 Å². The maximum Gasteiger partial charge on any atom is 0.407 e. The molecule has 0 bridgehead atoms. The van der Waals surface area contributed by atoms with Gasteiger partial charge in [0, 0.05) is 155 Å². The Labute approximate surface area is 859 Å². The number of halogens is 2. The zero-order chi connectivity index (χ0) is 100. The van der Waals surface area contributed by atoms with E-state index in [2.05, 4.69) is 73.9 Å². The van der Waals surface area contributed by atoms with Crippen LogP contribution in [-0.2, 0) is 73.3 Å². The van der Waals surface area contributed by atoms with E-state index < -0.39 is 23.4 Å². The number of nitrogens with zero attached hydrogens (tertiary/aromatic N) is 25. The normalized spacial score (nSPS) is 25.0. The smallest absolute Gasteiger partial charge is 0.407 e. The van der Waals surface area contributed by atoms with Crippen LogP contribution in [-0.4, -0.2) is 321 Å². The summed E-state index contributed by atoms with van der Waals surface area (Å²) in [6.07, 6.45) is 24.3. The molecule has 8 aromatic heterocycles. The van der Waals surface area contributed by atoms with Gasteiger partial charge in [-0.25, -0.2) is 63.8 Å². The van der Waals surface area contributed by atoms with Gasteiger partial charge in [-0.3, -0.25) is 19.4 Å². The summed E-state index contributed by atoms with van der Waals surface area (Å²) in [6, 6.07) is 12.0. The standard InChI is InChI=1S/C37H52N10O5.C32H43ClN8O4.C28H37N9O2.C6H11NO.ClH/c1-24-32(41-35(49)52-36(2,3)4)37(23-51-24)13-16-44(17-14-37)28-21-38-31-33(40-28)47(30-10-6-7-20-50-30)42-34(31)46-15-8-9-25-26(46)11-12-27(39-25)45-19-18-43(5)29(48)22-45;1-20-27(37-30(42)45-31(2,3)4)32(19-44-20)12-15-39(16-13-32)24-18-34-26-28(36-24)41(25-9-5-6-17-43-25)38-29(26)40-14-7-8-21-22(40)10-11-23(33)35-21;1-18-26(29)28(17-39-18)7-10-35(11-8-28)23-15-30-25-20(33-23)14-31-27(25)37-9-3-4-19-21(37)5-6-22(32-19)36-13-12-34(2)24(38)16-36;1-7-5-3-2-4-6(7)8;/h11-12,21,24,30,32H,6-10,13-20,22-23H2,1-5H3,(H,41,49);10-11,18,20,25,27H,5-9,12-17,19H2,1-4H3,(H,37,42);5-6,15,18,26H,3-4,7-14,16-17,29H2,1-2H3;2-5H2,1H3;1H/t24-,30?,32+;20-,25?,27+;18-,26+;;/m000../s1. The van der Waals surface area contributed by atoms with Gasteiger partial charge in [-0.05, 0) is 227 Å². The van der Waals surface area contributed by atoms with Gasteiger partial charge >= 0.3 is 12.2 Å². The third-order valence-corrected chi connectivity index (χ3v) is 32.1. The highest BCUT2D eigenvalue weighted by atomic mass is 35.5. The molecule has 0 radical (unpaired) electrons. The van der Waals surface area contributed by atoms with Crippen LogP contribution in [0.3, 0.4) is 0 Å². The number of aryl methyl sites for hydroxylation is 3. The molecule has 40 nitrogen and oxygen atoms in total. The molecule has 5 amide bonds. The zero-order valence-electron chi connectivity index (χ0n) is 86.2. The number of pyridine rings is 3. The monoisotopic (exact) mass is 2040 g/mol. The molecule has 8 aromatic rings. The predicted molar refractivity (Wildman–Crippen MR) is 555 cm³/mol. The van der Waals surface area contributed by atoms with Crippen LogP contribution < -0.4 is 55.6 Å². The lowest BCUT2D eigenvalue weighted by molar-refractivity contribution is -0.132. The van der Waals surface area contributed by atoms with Crippen LogP contribution in [0.4, 0.5) is 67.4 Å². The summed E-state index contributed by atoms with van der Waals surface area (Å²) >= 11 is 6.24. The van der Waals surface area contributed by atoms with Crippen LogP contribution in [0.25, 0.3) is 22.3 Å². The fourth-order valence-electron chi connectivity index (χ4n) is 23.4. The fraction of sp³-hybridized carbons (Fsp3) is 0.660. The van der Waals surface area contributed by atoms with Crippen molar-refractivity contribution in [3.8, 4) is 0 Å². The molecule has 0 saturated carbocycles. The number of likely N-dealkylation sites (tertiary alicyclic amines) is 1. The van der Waals surface area contributed by atoms with Crippen LogP contribution in [0.1, 0.15) is 219 Å². The zero-order valence-corrected chi connectivity index (χ0v) is 87.7. The lowest BCUT2D eigenvalue weighted by Crippen LogP contribution is -2.55. The maximum atomic E-state index is 12.8.